The first-order chi connectivity index (χ1) is 8.22. The predicted octanol–water partition coefficient (Wildman–Crippen LogP) is 1.92. The lowest BCUT2D eigenvalue weighted by Crippen LogP contribution is -1.95. The SMILES string of the molecule is COCc1ccccc1-c1cc(C(=O)O)[nH]n1. The van der Waals surface area contributed by atoms with Gasteiger partial charge in [-0.25, -0.2) is 4.79 Å². The lowest BCUT2D eigenvalue weighted by molar-refractivity contribution is 0.0690. The molecule has 2 N–H and O–H groups in total. The molecule has 1 heterocycles. The number of nitrogens with one attached hydrogen (secondary N) is 1. The van der Waals surface area contributed by atoms with Crippen molar-refractivity contribution >= 4 is 5.97 Å². The second kappa shape index (κ2) is 4.80. The molecule has 0 saturated carbocycles. The fourth-order valence-electron chi connectivity index (χ4n) is 1.62. The van der Waals surface area contributed by atoms with E-state index in [0.29, 0.717) is 12.3 Å². The Labute approximate surface area is 98.0 Å². The van der Waals surface area contributed by atoms with Crippen molar-refractivity contribution in [3.8, 4) is 11.3 Å². The van der Waals surface area contributed by atoms with Gasteiger partial charge < -0.3 is 9.84 Å². The molecule has 1 aromatic heterocycles. The summed E-state index contributed by atoms with van der Waals surface area (Å²) >= 11 is 0. The molecule has 17 heavy (non-hydrogen) atoms. The number of carboxylic acid groups (broad SMARTS) is 1. The summed E-state index contributed by atoms with van der Waals surface area (Å²) in [5, 5.41) is 15.3. The molecule has 5 heteroatoms. The number of H-pyrrole nitrogens is 1. The largest absolute Gasteiger partial charge is 0.477 e. The Balaban J connectivity index is 2.41. The normalized spacial score (nSPS) is 10.4. The second-order valence-electron chi connectivity index (χ2n) is 3.56. The zero-order valence-corrected chi connectivity index (χ0v) is 9.30. The monoisotopic (exact) mass is 232 g/mol. The van der Waals surface area contributed by atoms with Gasteiger partial charge in [0.25, 0.3) is 0 Å². The summed E-state index contributed by atoms with van der Waals surface area (Å²) in [5.41, 5.74) is 2.53. The Kier molecular flexibility index (Phi) is 3.20. The molecule has 0 unspecified atom stereocenters. The van der Waals surface area contributed by atoms with Gasteiger partial charge >= 0.3 is 5.97 Å². The zero-order valence-electron chi connectivity index (χ0n) is 9.30. The van der Waals surface area contributed by atoms with E-state index in [1.165, 1.54) is 6.07 Å². The van der Waals surface area contributed by atoms with Gasteiger partial charge in [0.2, 0.25) is 0 Å². The fraction of sp³-hybridized carbons (Fsp3) is 0.167. The Bertz CT molecular complexity index is 534. The standard InChI is InChI=1S/C12H12N2O3/c1-17-7-8-4-2-3-5-9(8)10-6-11(12(15)16)14-13-10/h2-6H,7H2,1H3,(H,13,14)(H,15,16). The number of ether oxygens (including phenoxy) is 1. The quantitative estimate of drug-likeness (QED) is 0.844. The van der Waals surface area contributed by atoms with Crippen LogP contribution in [0.1, 0.15) is 16.1 Å². The Morgan fingerprint density at radius 3 is 2.88 bits per heavy atom. The molecular formula is C12H12N2O3. The van der Waals surface area contributed by atoms with Crippen LogP contribution in [0.3, 0.4) is 0 Å². The highest BCUT2D eigenvalue weighted by Crippen LogP contribution is 2.22. The van der Waals surface area contributed by atoms with E-state index in [-0.39, 0.29) is 5.69 Å². The minimum absolute atomic E-state index is 0.0761. The third-order valence-electron chi connectivity index (χ3n) is 2.40. The van der Waals surface area contributed by atoms with Gasteiger partial charge in [0.05, 0.1) is 12.3 Å². The van der Waals surface area contributed by atoms with E-state index in [2.05, 4.69) is 10.2 Å². The lowest BCUT2D eigenvalue weighted by Gasteiger charge is -2.05. The van der Waals surface area contributed by atoms with Gasteiger partial charge in [0.15, 0.2) is 0 Å². The predicted molar refractivity (Wildman–Crippen MR) is 61.7 cm³/mol. The van der Waals surface area contributed by atoms with Crippen LogP contribution in [0, 0.1) is 0 Å². The number of methoxy groups -OCH3 is 1. The number of aromatic nitrogens is 2. The Morgan fingerprint density at radius 2 is 2.24 bits per heavy atom. The number of aromatic carboxylic acids is 1. The topological polar surface area (TPSA) is 75.2 Å². The number of hydrogen-bond donors (Lipinski definition) is 2. The van der Waals surface area contributed by atoms with Gasteiger partial charge in [0.1, 0.15) is 5.69 Å². The average molecular weight is 232 g/mol. The van der Waals surface area contributed by atoms with E-state index in [4.69, 9.17) is 9.84 Å². The molecule has 0 atom stereocenters. The van der Waals surface area contributed by atoms with Crippen LogP contribution in [0.15, 0.2) is 30.3 Å². The van der Waals surface area contributed by atoms with Crippen molar-refractivity contribution in [1.82, 2.24) is 10.2 Å². The fourth-order valence-corrected chi connectivity index (χ4v) is 1.62. The Morgan fingerprint density at radius 1 is 1.47 bits per heavy atom. The molecule has 0 fully saturated rings. The molecule has 0 aliphatic rings. The van der Waals surface area contributed by atoms with E-state index >= 15 is 0 Å². The van der Waals surface area contributed by atoms with Crippen molar-refractivity contribution < 1.29 is 14.6 Å². The zero-order chi connectivity index (χ0) is 12.3. The summed E-state index contributed by atoms with van der Waals surface area (Å²) in [5.74, 6) is -1.02. The molecule has 5 nitrogen and oxygen atoms in total. The number of aromatic amines is 1. The molecule has 0 aliphatic carbocycles. The summed E-state index contributed by atoms with van der Waals surface area (Å²) in [6.45, 7) is 0.464. The highest BCUT2D eigenvalue weighted by molar-refractivity contribution is 5.87. The van der Waals surface area contributed by atoms with Crippen LogP contribution in [0.2, 0.25) is 0 Å². The number of nitrogens with zero attached hydrogens (tertiary/aromatic N) is 1. The van der Waals surface area contributed by atoms with Crippen molar-refractivity contribution in [2.45, 2.75) is 6.61 Å². The number of hydrogen-bond acceptors (Lipinski definition) is 3. The third-order valence-corrected chi connectivity index (χ3v) is 2.40. The maximum absolute atomic E-state index is 10.8. The maximum atomic E-state index is 10.8. The smallest absolute Gasteiger partial charge is 0.353 e. The van der Waals surface area contributed by atoms with Crippen LogP contribution in [0.25, 0.3) is 11.3 Å². The minimum Gasteiger partial charge on any atom is -0.477 e. The van der Waals surface area contributed by atoms with Crippen molar-refractivity contribution in [1.29, 1.82) is 0 Å². The van der Waals surface area contributed by atoms with E-state index in [1.54, 1.807) is 7.11 Å². The minimum atomic E-state index is -1.02. The number of benzene rings is 1. The maximum Gasteiger partial charge on any atom is 0.353 e. The van der Waals surface area contributed by atoms with Gasteiger partial charge in [-0.3, -0.25) is 5.10 Å². The summed E-state index contributed by atoms with van der Waals surface area (Å²) in [6.07, 6.45) is 0. The Hall–Kier alpha value is -2.14. The van der Waals surface area contributed by atoms with Crippen LogP contribution < -0.4 is 0 Å². The van der Waals surface area contributed by atoms with Crippen LogP contribution in [-0.2, 0) is 11.3 Å². The van der Waals surface area contributed by atoms with Crippen molar-refractivity contribution in [2.24, 2.45) is 0 Å². The van der Waals surface area contributed by atoms with E-state index in [0.717, 1.165) is 11.1 Å². The van der Waals surface area contributed by atoms with E-state index < -0.39 is 5.97 Å². The first-order valence-electron chi connectivity index (χ1n) is 5.08. The van der Waals surface area contributed by atoms with Gasteiger partial charge in [0, 0.05) is 12.7 Å². The van der Waals surface area contributed by atoms with E-state index in [9.17, 15) is 4.79 Å². The van der Waals surface area contributed by atoms with Crippen LogP contribution in [-0.4, -0.2) is 28.4 Å². The molecule has 88 valence electrons. The number of carboxylic acids is 1. The van der Waals surface area contributed by atoms with Crippen molar-refractivity contribution in [3.63, 3.8) is 0 Å². The lowest BCUT2D eigenvalue weighted by atomic mass is 10.1. The third kappa shape index (κ3) is 2.34. The summed E-state index contributed by atoms with van der Waals surface area (Å²) in [6, 6.07) is 9.10. The van der Waals surface area contributed by atoms with Crippen molar-refractivity contribution in [3.05, 3.63) is 41.6 Å². The molecule has 1 aromatic carbocycles. The summed E-state index contributed by atoms with van der Waals surface area (Å²) < 4.78 is 5.09. The van der Waals surface area contributed by atoms with Crippen LogP contribution >= 0.6 is 0 Å². The van der Waals surface area contributed by atoms with Gasteiger partial charge in [-0.2, -0.15) is 5.10 Å². The first kappa shape index (κ1) is 11.3. The van der Waals surface area contributed by atoms with Crippen LogP contribution in [0.5, 0.6) is 0 Å². The van der Waals surface area contributed by atoms with Crippen molar-refractivity contribution in [2.75, 3.05) is 7.11 Å². The molecule has 0 aliphatic heterocycles. The molecule has 0 saturated heterocycles. The number of rotatable bonds is 4. The van der Waals surface area contributed by atoms with Gasteiger partial charge in [-0.05, 0) is 11.6 Å². The highest BCUT2D eigenvalue weighted by Gasteiger charge is 2.11. The van der Waals surface area contributed by atoms with Crippen LogP contribution in [0.4, 0.5) is 0 Å². The first-order valence-corrected chi connectivity index (χ1v) is 5.08. The van der Waals surface area contributed by atoms with Gasteiger partial charge in [-0.1, -0.05) is 24.3 Å². The molecule has 0 radical (unpaired) electrons. The summed E-state index contributed by atoms with van der Waals surface area (Å²) in [7, 11) is 1.62. The second-order valence-corrected chi connectivity index (χ2v) is 3.56. The highest BCUT2D eigenvalue weighted by atomic mass is 16.5. The molecule has 2 rings (SSSR count). The molecular weight excluding hydrogens is 220 g/mol. The average Bonchev–Trinajstić information content (AvgIpc) is 2.79. The van der Waals surface area contributed by atoms with Gasteiger partial charge in [-0.15, -0.1) is 0 Å². The molecule has 2 aromatic rings. The molecule has 0 amide bonds. The number of carbonyl (C=O) groups is 1. The molecule has 0 bridgehead atoms. The van der Waals surface area contributed by atoms with E-state index in [1.807, 2.05) is 24.3 Å². The molecule has 0 spiro atoms. The summed E-state index contributed by atoms with van der Waals surface area (Å²) in [4.78, 5) is 10.8.